The molecule has 0 fully saturated rings. The summed E-state index contributed by atoms with van der Waals surface area (Å²) >= 11 is 0. The summed E-state index contributed by atoms with van der Waals surface area (Å²) < 4.78 is 4.95. The van der Waals surface area contributed by atoms with Crippen LogP contribution < -0.4 is 10.1 Å². The topological polar surface area (TPSA) is 71.5 Å². The maximum atomic E-state index is 12.2. The summed E-state index contributed by atoms with van der Waals surface area (Å²) in [5.74, 6) is 0.106. The molecule has 0 bridgehead atoms. The third-order valence-corrected chi connectivity index (χ3v) is 3.46. The zero-order chi connectivity index (χ0) is 15.5. The van der Waals surface area contributed by atoms with Crippen molar-refractivity contribution in [2.24, 2.45) is 0 Å². The summed E-state index contributed by atoms with van der Waals surface area (Å²) in [5.41, 5.74) is 2.18. The fourth-order valence-electron chi connectivity index (χ4n) is 2.39. The van der Waals surface area contributed by atoms with Crippen molar-refractivity contribution in [3.8, 4) is 5.88 Å². The lowest BCUT2D eigenvalue weighted by atomic mass is 10.1. The van der Waals surface area contributed by atoms with E-state index >= 15 is 0 Å². The van der Waals surface area contributed by atoms with Gasteiger partial charge in [0.1, 0.15) is 6.54 Å². The Morgan fingerprint density at radius 1 is 1.32 bits per heavy atom. The summed E-state index contributed by atoms with van der Waals surface area (Å²) in [6.07, 6.45) is 1.51. The molecule has 1 N–H and O–H groups in total. The van der Waals surface area contributed by atoms with Gasteiger partial charge < -0.3 is 15.0 Å². The van der Waals surface area contributed by atoms with Gasteiger partial charge in [0, 0.05) is 18.2 Å². The van der Waals surface area contributed by atoms with Gasteiger partial charge in [-0.1, -0.05) is 18.2 Å². The van der Waals surface area contributed by atoms with Crippen molar-refractivity contribution in [2.75, 3.05) is 19.0 Å². The molecule has 1 aromatic carbocycles. The molecule has 0 radical (unpaired) electrons. The largest absolute Gasteiger partial charge is 0.481 e. The van der Waals surface area contributed by atoms with E-state index < -0.39 is 0 Å². The zero-order valence-corrected chi connectivity index (χ0v) is 12.1. The predicted octanol–water partition coefficient (Wildman–Crippen LogP) is 1.68. The summed E-state index contributed by atoms with van der Waals surface area (Å²) in [4.78, 5) is 29.8. The van der Waals surface area contributed by atoms with Gasteiger partial charge in [-0.05, 0) is 17.7 Å². The third-order valence-electron chi connectivity index (χ3n) is 3.46. The number of hydrogen-bond acceptors (Lipinski definition) is 4. The van der Waals surface area contributed by atoms with Gasteiger partial charge in [-0.2, -0.15) is 0 Å². The maximum Gasteiger partial charge on any atom is 0.254 e. The first-order valence-corrected chi connectivity index (χ1v) is 6.84. The van der Waals surface area contributed by atoms with Crippen molar-refractivity contribution >= 4 is 17.5 Å². The van der Waals surface area contributed by atoms with Crippen LogP contribution in [-0.4, -0.2) is 35.4 Å². The van der Waals surface area contributed by atoms with E-state index in [-0.39, 0.29) is 18.4 Å². The molecule has 1 aliphatic rings. The van der Waals surface area contributed by atoms with Crippen LogP contribution in [0.1, 0.15) is 15.9 Å². The van der Waals surface area contributed by atoms with Crippen LogP contribution in [0, 0.1) is 0 Å². The van der Waals surface area contributed by atoms with E-state index in [2.05, 4.69) is 10.3 Å². The van der Waals surface area contributed by atoms with Gasteiger partial charge in [0.25, 0.3) is 5.91 Å². The Balaban J connectivity index is 1.62. The molecule has 0 atom stereocenters. The lowest BCUT2D eigenvalue weighted by molar-refractivity contribution is -0.116. The van der Waals surface area contributed by atoms with Crippen molar-refractivity contribution < 1.29 is 14.3 Å². The van der Waals surface area contributed by atoms with Crippen LogP contribution in [0.15, 0.2) is 42.6 Å². The minimum absolute atomic E-state index is 0.0134. The number of anilines is 1. The molecule has 0 saturated carbocycles. The molecule has 0 unspecified atom stereocenters. The van der Waals surface area contributed by atoms with Crippen LogP contribution in [0.5, 0.6) is 5.88 Å². The van der Waals surface area contributed by atoms with E-state index in [9.17, 15) is 9.59 Å². The summed E-state index contributed by atoms with van der Waals surface area (Å²) in [5, 5.41) is 2.72. The first-order chi connectivity index (χ1) is 10.7. The Bertz CT molecular complexity index is 713. The second kappa shape index (κ2) is 5.85. The Morgan fingerprint density at radius 2 is 2.14 bits per heavy atom. The average molecular weight is 297 g/mol. The molecule has 6 heteroatoms. The van der Waals surface area contributed by atoms with Gasteiger partial charge in [-0.15, -0.1) is 0 Å². The number of benzene rings is 1. The highest BCUT2D eigenvalue weighted by Gasteiger charge is 2.28. The Morgan fingerprint density at radius 3 is 2.82 bits per heavy atom. The molecule has 22 heavy (non-hydrogen) atoms. The van der Waals surface area contributed by atoms with Gasteiger partial charge in [0.2, 0.25) is 11.8 Å². The first-order valence-electron chi connectivity index (χ1n) is 6.84. The molecule has 2 amide bonds. The summed E-state index contributed by atoms with van der Waals surface area (Å²) in [6.45, 7) is 0.475. The molecule has 0 aliphatic carbocycles. The molecule has 1 aliphatic heterocycles. The number of pyridine rings is 1. The Hall–Kier alpha value is -2.89. The summed E-state index contributed by atoms with van der Waals surface area (Å²) in [7, 11) is 1.53. The molecular formula is C16H15N3O3. The number of hydrogen-bond donors (Lipinski definition) is 1. The fourth-order valence-corrected chi connectivity index (χ4v) is 2.39. The SMILES string of the molecule is COc1ccc(NC(=O)CN2Cc3ccccc3C2=O)cn1. The number of nitrogens with zero attached hydrogens (tertiary/aromatic N) is 2. The second-order valence-corrected chi connectivity index (χ2v) is 4.96. The molecule has 6 nitrogen and oxygen atoms in total. The lowest BCUT2D eigenvalue weighted by Gasteiger charge is -2.15. The molecule has 2 heterocycles. The minimum Gasteiger partial charge on any atom is -0.481 e. The number of fused-ring (bicyclic) bond motifs is 1. The van der Waals surface area contributed by atoms with E-state index in [1.165, 1.54) is 18.2 Å². The van der Waals surface area contributed by atoms with E-state index in [0.717, 1.165) is 5.56 Å². The minimum atomic E-state index is -0.256. The van der Waals surface area contributed by atoms with Crippen molar-refractivity contribution in [1.82, 2.24) is 9.88 Å². The van der Waals surface area contributed by atoms with Crippen LogP contribution in [0.25, 0.3) is 0 Å². The molecule has 3 rings (SSSR count). The molecule has 112 valence electrons. The molecule has 2 aromatic rings. The normalized spacial score (nSPS) is 13.0. The van der Waals surface area contributed by atoms with Gasteiger partial charge in [-0.25, -0.2) is 4.98 Å². The van der Waals surface area contributed by atoms with Crippen molar-refractivity contribution in [2.45, 2.75) is 6.54 Å². The van der Waals surface area contributed by atoms with Crippen LogP contribution in [-0.2, 0) is 11.3 Å². The maximum absolute atomic E-state index is 12.2. The van der Waals surface area contributed by atoms with Gasteiger partial charge >= 0.3 is 0 Å². The number of rotatable bonds is 4. The number of carbonyl (C=O) groups is 2. The van der Waals surface area contributed by atoms with Crippen molar-refractivity contribution in [1.29, 1.82) is 0 Å². The van der Waals surface area contributed by atoms with Crippen LogP contribution in [0.2, 0.25) is 0 Å². The van der Waals surface area contributed by atoms with Gasteiger partial charge in [-0.3, -0.25) is 9.59 Å². The summed E-state index contributed by atoms with van der Waals surface area (Å²) in [6, 6.07) is 10.8. The first kappa shape index (κ1) is 14.1. The highest BCUT2D eigenvalue weighted by Crippen LogP contribution is 2.22. The van der Waals surface area contributed by atoms with E-state index in [1.807, 2.05) is 18.2 Å². The number of methoxy groups -OCH3 is 1. The number of carbonyl (C=O) groups excluding carboxylic acids is 2. The monoisotopic (exact) mass is 297 g/mol. The smallest absolute Gasteiger partial charge is 0.254 e. The van der Waals surface area contributed by atoms with Gasteiger partial charge in [0.15, 0.2) is 0 Å². The van der Waals surface area contributed by atoms with E-state index in [4.69, 9.17) is 4.74 Å². The zero-order valence-electron chi connectivity index (χ0n) is 12.1. The Labute approximate surface area is 127 Å². The third kappa shape index (κ3) is 2.76. The molecule has 1 aromatic heterocycles. The van der Waals surface area contributed by atoms with Crippen LogP contribution in [0.3, 0.4) is 0 Å². The lowest BCUT2D eigenvalue weighted by Crippen LogP contribution is -2.33. The highest BCUT2D eigenvalue weighted by atomic mass is 16.5. The van der Waals surface area contributed by atoms with E-state index in [1.54, 1.807) is 18.2 Å². The molecule has 0 saturated heterocycles. The van der Waals surface area contributed by atoms with Crippen LogP contribution >= 0.6 is 0 Å². The number of nitrogens with one attached hydrogen (secondary N) is 1. The van der Waals surface area contributed by atoms with E-state index in [0.29, 0.717) is 23.7 Å². The fraction of sp³-hybridized carbons (Fsp3) is 0.188. The molecule has 0 spiro atoms. The highest BCUT2D eigenvalue weighted by molar-refractivity contribution is 6.02. The van der Waals surface area contributed by atoms with Crippen molar-refractivity contribution in [3.05, 3.63) is 53.7 Å². The van der Waals surface area contributed by atoms with Gasteiger partial charge in [0.05, 0.1) is 19.0 Å². The quantitative estimate of drug-likeness (QED) is 0.932. The number of amides is 2. The Kier molecular flexibility index (Phi) is 3.74. The number of ether oxygens (including phenoxy) is 1. The van der Waals surface area contributed by atoms with Crippen molar-refractivity contribution in [3.63, 3.8) is 0 Å². The average Bonchev–Trinajstić information content (AvgIpc) is 2.84. The standard InChI is InChI=1S/C16H15N3O3/c1-22-15-7-6-12(8-17-15)18-14(20)10-19-9-11-4-2-3-5-13(11)16(19)21/h2-8H,9-10H2,1H3,(H,18,20). The van der Waals surface area contributed by atoms with Crippen LogP contribution in [0.4, 0.5) is 5.69 Å². The predicted molar refractivity (Wildman–Crippen MR) is 80.6 cm³/mol. The molecular weight excluding hydrogens is 282 g/mol. The second-order valence-electron chi connectivity index (χ2n) is 4.96. The number of aromatic nitrogens is 1.